The molecule has 0 radical (unpaired) electrons. The Bertz CT molecular complexity index is 1910. The van der Waals surface area contributed by atoms with E-state index in [-0.39, 0.29) is 0 Å². The summed E-state index contributed by atoms with van der Waals surface area (Å²) >= 11 is 0. The second kappa shape index (κ2) is 12.3. The third kappa shape index (κ3) is 5.66. The number of anilines is 2. The normalized spacial score (nSPS) is 20.4. The van der Waals surface area contributed by atoms with Gasteiger partial charge in [-0.25, -0.2) is 16.8 Å². The van der Waals surface area contributed by atoms with Crippen LogP contribution in [0, 0.1) is 0 Å². The van der Waals surface area contributed by atoms with Crippen LogP contribution in [0.4, 0.5) is 11.4 Å². The predicted molar refractivity (Wildman–Crippen MR) is 194 cm³/mol. The fraction of sp³-hybridized carbons (Fsp3) is 0.444. The molecule has 0 N–H and O–H groups in total. The summed E-state index contributed by atoms with van der Waals surface area (Å²) in [4.78, 5) is 4.80. The lowest BCUT2D eigenvalue weighted by atomic mass is 10.1. The molecule has 2 spiro atoms. The number of piperazine rings is 3. The van der Waals surface area contributed by atoms with Crippen molar-refractivity contribution in [2.75, 3.05) is 117 Å². The van der Waals surface area contributed by atoms with E-state index in [0.29, 0.717) is 36.0 Å². The summed E-state index contributed by atoms with van der Waals surface area (Å²) in [6.45, 7) is 9.28. The van der Waals surface area contributed by atoms with E-state index in [1.807, 2.05) is 98.7 Å². The van der Waals surface area contributed by atoms with E-state index in [1.54, 1.807) is 20.7 Å². The molecular formula is C36H48N6O4S2+2. The molecule has 3 aliphatic rings. The van der Waals surface area contributed by atoms with E-state index >= 15 is 0 Å². The SMILES string of the molecule is CN(C)c1cccc2c(S(=O)(=O)N3CC[N+]4(CC3)CC[N+]3(CCN(S(=O)(=O)c5cccc6c(N(C)C)cccc56)CC3)CC4)cccc12. The number of sulfonamides is 2. The minimum atomic E-state index is -3.64. The summed E-state index contributed by atoms with van der Waals surface area (Å²) in [5.41, 5.74) is 2.01. The highest BCUT2D eigenvalue weighted by Gasteiger charge is 2.47. The van der Waals surface area contributed by atoms with Gasteiger partial charge in [0.15, 0.2) is 0 Å². The van der Waals surface area contributed by atoms with Crippen molar-refractivity contribution in [1.82, 2.24) is 8.61 Å². The maximum Gasteiger partial charge on any atom is 0.244 e. The molecule has 4 aromatic rings. The summed E-state index contributed by atoms with van der Waals surface area (Å²) < 4.78 is 61.2. The molecule has 4 aromatic carbocycles. The van der Waals surface area contributed by atoms with Crippen molar-refractivity contribution in [2.45, 2.75) is 9.79 Å². The molecule has 3 saturated heterocycles. The average molecular weight is 693 g/mol. The van der Waals surface area contributed by atoms with Crippen LogP contribution in [0.3, 0.4) is 0 Å². The molecule has 48 heavy (non-hydrogen) atoms. The Morgan fingerprint density at radius 1 is 0.458 bits per heavy atom. The molecule has 12 heteroatoms. The Morgan fingerprint density at radius 2 is 0.771 bits per heavy atom. The quantitative estimate of drug-likeness (QED) is 0.288. The summed E-state index contributed by atoms with van der Waals surface area (Å²) in [7, 11) is 0.620. The van der Waals surface area contributed by atoms with Crippen molar-refractivity contribution in [2.24, 2.45) is 0 Å². The van der Waals surface area contributed by atoms with Crippen LogP contribution in [0.15, 0.2) is 82.6 Å². The first kappa shape index (κ1) is 33.2. The van der Waals surface area contributed by atoms with Gasteiger partial charge in [0.05, 0.1) is 62.1 Å². The first-order valence-corrected chi connectivity index (χ1v) is 19.8. The Balaban J connectivity index is 1.00. The van der Waals surface area contributed by atoms with E-state index in [4.69, 9.17) is 0 Å². The summed E-state index contributed by atoms with van der Waals surface area (Å²) in [5.74, 6) is 0. The lowest BCUT2D eigenvalue weighted by molar-refractivity contribution is -1.03. The molecule has 3 fully saturated rings. The first-order chi connectivity index (χ1) is 22.9. The van der Waals surface area contributed by atoms with Gasteiger partial charge in [0.25, 0.3) is 0 Å². The Hall–Kier alpha value is -3.26. The van der Waals surface area contributed by atoms with Crippen molar-refractivity contribution in [3.05, 3.63) is 72.8 Å². The van der Waals surface area contributed by atoms with Gasteiger partial charge in [-0.3, -0.25) is 0 Å². The molecule has 10 nitrogen and oxygen atoms in total. The molecular weight excluding hydrogens is 645 g/mol. The number of benzene rings is 4. The van der Waals surface area contributed by atoms with Gasteiger partial charge in [-0.1, -0.05) is 48.5 Å². The van der Waals surface area contributed by atoms with Gasteiger partial charge in [-0.05, 0) is 24.3 Å². The van der Waals surface area contributed by atoms with E-state index in [0.717, 1.165) is 94.2 Å². The van der Waals surface area contributed by atoms with Crippen molar-refractivity contribution in [3.63, 3.8) is 0 Å². The molecule has 0 aromatic heterocycles. The first-order valence-electron chi connectivity index (χ1n) is 16.9. The second-order valence-electron chi connectivity index (χ2n) is 14.3. The van der Waals surface area contributed by atoms with E-state index in [1.165, 1.54) is 0 Å². The third-order valence-corrected chi connectivity index (χ3v) is 15.2. The minimum absolute atomic E-state index is 0.384. The highest BCUT2D eigenvalue weighted by atomic mass is 32.2. The lowest BCUT2D eigenvalue weighted by Gasteiger charge is -2.53. The number of quaternary nitrogens is 2. The molecule has 0 bridgehead atoms. The van der Waals surface area contributed by atoms with Crippen LogP contribution in [-0.2, 0) is 20.0 Å². The van der Waals surface area contributed by atoms with Gasteiger partial charge in [0.2, 0.25) is 20.0 Å². The van der Waals surface area contributed by atoms with Crippen molar-refractivity contribution in [1.29, 1.82) is 0 Å². The van der Waals surface area contributed by atoms with Gasteiger partial charge in [0, 0.05) is 61.1 Å². The standard InChI is InChI=1S/C36H48N6O4S2/c1-37(2)33-13-5-11-31-29(33)9-7-15-35(31)47(43,44)39-17-21-41(22-18-39)25-27-42(28-26-41)23-19-40(20-24-42)48(45,46)36-16-8-10-30-32(36)12-6-14-34(30)38(3)4/h5-16H,17-28H2,1-4H3/q+2. The Morgan fingerprint density at radius 3 is 1.10 bits per heavy atom. The molecule has 256 valence electrons. The molecule has 0 aliphatic carbocycles. The summed E-state index contributed by atoms with van der Waals surface area (Å²) in [5, 5.41) is 3.42. The fourth-order valence-corrected chi connectivity index (χ4v) is 11.5. The Labute approximate surface area is 285 Å². The van der Waals surface area contributed by atoms with Crippen LogP contribution in [0.2, 0.25) is 0 Å². The molecule has 0 amide bonds. The lowest BCUT2D eigenvalue weighted by Crippen LogP contribution is -2.73. The molecule has 0 atom stereocenters. The minimum Gasteiger partial charge on any atom is -0.377 e. The smallest absolute Gasteiger partial charge is 0.244 e. The molecule has 3 aliphatic heterocycles. The zero-order chi connectivity index (χ0) is 33.9. The number of hydrogen-bond acceptors (Lipinski definition) is 6. The van der Waals surface area contributed by atoms with Crippen LogP contribution >= 0.6 is 0 Å². The molecule has 0 unspecified atom stereocenters. The van der Waals surface area contributed by atoms with Gasteiger partial charge in [0.1, 0.15) is 26.2 Å². The van der Waals surface area contributed by atoms with Crippen LogP contribution in [0.5, 0.6) is 0 Å². The molecule has 0 saturated carbocycles. The van der Waals surface area contributed by atoms with Crippen molar-refractivity contribution in [3.8, 4) is 0 Å². The number of nitrogens with zero attached hydrogens (tertiary/aromatic N) is 6. The van der Waals surface area contributed by atoms with Crippen LogP contribution < -0.4 is 9.80 Å². The fourth-order valence-electron chi connectivity index (χ4n) is 8.23. The largest absolute Gasteiger partial charge is 0.377 e. The number of fused-ring (bicyclic) bond motifs is 2. The van der Waals surface area contributed by atoms with Crippen LogP contribution in [-0.4, -0.2) is 141 Å². The van der Waals surface area contributed by atoms with E-state index < -0.39 is 20.0 Å². The summed E-state index contributed by atoms with van der Waals surface area (Å²) in [6, 6.07) is 22.9. The van der Waals surface area contributed by atoms with Gasteiger partial charge >= 0.3 is 0 Å². The topological polar surface area (TPSA) is 81.2 Å². The van der Waals surface area contributed by atoms with Crippen molar-refractivity contribution >= 4 is 53.0 Å². The van der Waals surface area contributed by atoms with Crippen LogP contribution in [0.1, 0.15) is 0 Å². The average Bonchev–Trinajstić information content (AvgIpc) is 3.09. The maximum absolute atomic E-state index is 14.0. The van der Waals surface area contributed by atoms with Gasteiger partial charge in [-0.15, -0.1) is 0 Å². The van der Waals surface area contributed by atoms with E-state index in [2.05, 4.69) is 0 Å². The van der Waals surface area contributed by atoms with Gasteiger partial charge in [-0.2, -0.15) is 8.61 Å². The second-order valence-corrected chi connectivity index (χ2v) is 18.1. The van der Waals surface area contributed by atoms with Crippen LogP contribution in [0.25, 0.3) is 21.5 Å². The molecule has 7 rings (SSSR count). The maximum atomic E-state index is 14.0. The number of hydrogen-bond donors (Lipinski definition) is 0. The highest BCUT2D eigenvalue weighted by molar-refractivity contribution is 7.89. The predicted octanol–water partition coefficient (Wildman–Crippen LogP) is 3.48. The van der Waals surface area contributed by atoms with E-state index in [9.17, 15) is 16.8 Å². The van der Waals surface area contributed by atoms with Crippen molar-refractivity contribution < 1.29 is 25.8 Å². The number of rotatable bonds is 6. The zero-order valence-corrected chi connectivity index (χ0v) is 30.2. The molecule has 3 heterocycles. The third-order valence-electron chi connectivity index (χ3n) is 11.3. The highest BCUT2D eigenvalue weighted by Crippen LogP contribution is 2.35. The van der Waals surface area contributed by atoms with Gasteiger partial charge < -0.3 is 18.8 Å². The monoisotopic (exact) mass is 692 g/mol. The summed E-state index contributed by atoms with van der Waals surface area (Å²) in [6.07, 6.45) is 0. The zero-order valence-electron chi connectivity index (χ0n) is 28.5. The Kier molecular flexibility index (Phi) is 8.49.